The number of para-hydroxylation sites is 1. The molecule has 3 rings (SSSR count). The van der Waals surface area contributed by atoms with Crippen LogP contribution in [0.5, 0.6) is 0 Å². The fourth-order valence-corrected chi connectivity index (χ4v) is 3.47. The maximum atomic E-state index is 6.46. The van der Waals surface area contributed by atoms with Gasteiger partial charge in [-0.1, -0.05) is 36.2 Å². The number of rotatable bonds is 3. The standard InChI is InChI=1S/C16H22ClN3/c1-11-6-5-7-12(2)20(11)18-10-15-16(17)13-8-3-4-9-14(13)19-15/h3-4,8-9,11-12,18-19H,5-7,10H2,1-2H3. The topological polar surface area (TPSA) is 31.1 Å². The Morgan fingerprint density at radius 1 is 1.25 bits per heavy atom. The minimum absolute atomic E-state index is 0.585. The number of fused-ring (bicyclic) bond motifs is 1. The molecule has 108 valence electrons. The van der Waals surface area contributed by atoms with Crippen LogP contribution in [0.25, 0.3) is 10.9 Å². The molecule has 1 aromatic carbocycles. The van der Waals surface area contributed by atoms with Crippen molar-refractivity contribution in [1.29, 1.82) is 0 Å². The first-order valence-electron chi connectivity index (χ1n) is 7.43. The van der Waals surface area contributed by atoms with Crippen molar-refractivity contribution in [3.8, 4) is 0 Å². The first-order chi connectivity index (χ1) is 9.66. The Labute approximate surface area is 125 Å². The Morgan fingerprint density at radius 3 is 2.65 bits per heavy atom. The van der Waals surface area contributed by atoms with Crippen molar-refractivity contribution in [2.75, 3.05) is 0 Å². The van der Waals surface area contributed by atoms with E-state index in [1.807, 2.05) is 12.1 Å². The predicted octanol–water partition coefficient (Wildman–Crippen LogP) is 4.09. The third-order valence-electron chi connectivity index (χ3n) is 4.35. The lowest BCUT2D eigenvalue weighted by molar-refractivity contribution is 0.0432. The average molecular weight is 292 g/mol. The largest absolute Gasteiger partial charge is 0.356 e. The first-order valence-corrected chi connectivity index (χ1v) is 7.81. The number of H-pyrrole nitrogens is 1. The molecule has 0 bridgehead atoms. The second-order valence-electron chi connectivity index (χ2n) is 5.83. The number of aromatic amines is 1. The van der Waals surface area contributed by atoms with Gasteiger partial charge in [0, 0.05) is 23.0 Å². The van der Waals surface area contributed by atoms with Crippen LogP contribution in [0.15, 0.2) is 24.3 Å². The number of aromatic nitrogens is 1. The molecule has 1 aromatic heterocycles. The molecule has 2 heterocycles. The van der Waals surface area contributed by atoms with E-state index in [2.05, 4.69) is 41.4 Å². The smallest absolute Gasteiger partial charge is 0.0705 e. The van der Waals surface area contributed by atoms with Gasteiger partial charge in [-0.05, 0) is 32.8 Å². The Bertz CT molecular complexity index is 582. The van der Waals surface area contributed by atoms with Gasteiger partial charge in [-0.15, -0.1) is 0 Å². The van der Waals surface area contributed by atoms with Crippen molar-refractivity contribution in [1.82, 2.24) is 15.4 Å². The van der Waals surface area contributed by atoms with Crippen LogP contribution in [0.1, 0.15) is 38.8 Å². The van der Waals surface area contributed by atoms with Gasteiger partial charge in [0.1, 0.15) is 0 Å². The lowest BCUT2D eigenvalue weighted by Crippen LogP contribution is -2.51. The van der Waals surface area contributed by atoms with Crippen LogP contribution < -0.4 is 5.43 Å². The zero-order chi connectivity index (χ0) is 14.1. The summed E-state index contributed by atoms with van der Waals surface area (Å²) in [5.41, 5.74) is 5.73. The van der Waals surface area contributed by atoms with E-state index < -0.39 is 0 Å². The molecule has 0 amide bonds. The molecule has 2 atom stereocenters. The Hall–Kier alpha value is -1.03. The fourth-order valence-electron chi connectivity index (χ4n) is 3.19. The summed E-state index contributed by atoms with van der Waals surface area (Å²) >= 11 is 6.46. The van der Waals surface area contributed by atoms with Gasteiger partial charge in [-0.25, -0.2) is 10.4 Å². The number of hydrazine groups is 1. The van der Waals surface area contributed by atoms with Gasteiger partial charge < -0.3 is 4.98 Å². The zero-order valence-corrected chi connectivity index (χ0v) is 12.9. The molecule has 3 nitrogen and oxygen atoms in total. The van der Waals surface area contributed by atoms with Crippen LogP contribution in [0.4, 0.5) is 0 Å². The van der Waals surface area contributed by atoms with Crippen LogP contribution in [0, 0.1) is 0 Å². The number of piperidine rings is 1. The molecule has 0 radical (unpaired) electrons. The lowest BCUT2D eigenvalue weighted by atomic mass is 10.00. The Balaban J connectivity index is 1.75. The summed E-state index contributed by atoms with van der Waals surface area (Å²) in [6.07, 6.45) is 3.85. The lowest BCUT2D eigenvalue weighted by Gasteiger charge is -2.39. The van der Waals surface area contributed by atoms with E-state index in [4.69, 9.17) is 11.6 Å². The number of hydrogen-bond donors (Lipinski definition) is 2. The number of halogens is 1. The van der Waals surface area contributed by atoms with Gasteiger partial charge in [0.2, 0.25) is 0 Å². The maximum Gasteiger partial charge on any atom is 0.0705 e. The molecule has 0 saturated carbocycles. The van der Waals surface area contributed by atoms with E-state index in [9.17, 15) is 0 Å². The molecule has 2 aromatic rings. The van der Waals surface area contributed by atoms with Gasteiger partial charge >= 0.3 is 0 Å². The van der Waals surface area contributed by atoms with Crippen LogP contribution in [-0.4, -0.2) is 22.1 Å². The molecule has 1 fully saturated rings. The molecule has 0 spiro atoms. The van der Waals surface area contributed by atoms with Crippen LogP contribution in [-0.2, 0) is 6.54 Å². The molecule has 1 aliphatic rings. The summed E-state index contributed by atoms with van der Waals surface area (Å²) in [6, 6.07) is 9.35. The molecule has 2 N–H and O–H groups in total. The molecule has 2 unspecified atom stereocenters. The molecule has 1 saturated heterocycles. The predicted molar refractivity (Wildman–Crippen MR) is 84.8 cm³/mol. The first kappa shape index (κ1) is 13.9. The molecule has 4 heteroatoms. The van der Waals surface area contributed by atoms with Crippen molar-refractivity contribution in [2.24, 2.45) is 0 Å². The van der Waals surface area contributed by atoms with Gasteiger partial charge in [0.15, 0.2) is 0 Å². The summed E-state index contributed by atoms with van der Waals surface area (Å²) in [5, 5.41) is 4.32. The minimum Gasteiger partial charge on any atom is -0.356 e. The van der Waals surface area contributed by atoms with E-state index in [1.165, 1.54) is 19.3 Å². The summed E-state index contributed by atoms with van der Waals surface area (Å²) in [7, 11) is 0. The monoisotopic (exact) mass is 291 g/mol. The number of benzene rings is 1. The summed E-state index contributed by atoms with van der Waals surface area (Å²) < 4.78 is 0. The fraction of sp³-hybridized carbons (Fsp3) is 0.500. The van der Waals surface area contributed by atoms with Crippen molar-refractivity contribution in [3.05, 3.63) is 35.0 Å². The second-order valence-corrected chi connectivity index (χ2v) is 6.21. The average Bonchev–Trinajstić information content (AvgIpc) is 2.76. The highest BCUT2D eigenvalue weighted by atomic mass is 35.5. The highest BCUT2D eigenvalue weighted by Gasteiger charge is 2.24. The summed E-state index contributed by atoms with van der Waals surface area (Å²) in [5.74, 6) is 0. The number of hydrogen-bond acceptors (Lipinski definition) is 2. The Morgan fingerprint density at radius 2 is 1.95 bits per heavy atom. The van der Waals surface area contributed by atoms with Crippen LogP contribution in [0.2, 0.25) is 5.02 Å². The van der Waals surface area contributed by atoms with Gasteiger partial charge in [-0.3, -0.25) is 0 Å². The van der Waals surface area contributed by atoms with E-state index in [-0.39, 0.29) is 0 Å². The molecular weight excluding hydrogens is 270 g/mol. The quantitative estimate of drug-likeness (QED) is 0.892. The van der Waals surface area contributed by atoms with E-state index in [0.29, 0.717) is 12.1 Å². The summed E-state index contributed by atoms with van der Waals surface area (Å²) in [6.45, 7) is 5.33. The normalized spacial score (nSPS) is 24.4. The molecule has 1 aliphatic heterocycles. The number of nitrogens with one attached hydrogen (secondary N) is 2. The minimum atomic E-state index is 0.585. The van der Waals surface area contributed by atoms with Crippen molar-refractivity contribution in [2.45, 2.75) is 51.7 Å². The molecular formula is C16H22ClN3. The third-order valence-corrected chi connectivity index (χ3v) is 4.78. The van der Waals surface area contributed by atoms with Crippen LogP contribution >= 0.6 is 11.6 Å². The third kappa shape index (κ3) is 2.58. The van der Waals surface area contributed by atoms with E-state index in [0.717, 1.165) is 28.2 Å². The second kappa shape index (κ2) is 5.76. The van der Waals surface area contributed by atoms with E-state index >= 15 is 0 Å². The Kier molecular flexibility index (Phi) is 4.01. The number of nitrogens with zero attached hydrogens (tertiary/aromatic N) is 1. The summed E-state index contributed by atoms with van der Waals surface area (Å²) in [4.78, 5) is 3.41. The van der Waals surface area contributed by atoms with Crippen molar-refractivity contribution >= 4 is 22.5 Å². The maximum absolute atomic E-state index is 6.46. The van der Waals surface area contributed by atoms with Crippen molar-refractivity contribution in [3.63, 3.8) is 0 Å². The highest BCUT2D eigenvalue weighted by Crippen LogP contribution is 2.27. The molecule has 0 aliphatic carbocycles. The van der Waals surface area contributed by atoms with Gasteiger partial charge in [-0.2, -0.15) is 0 Å². The van der Waals surface area contributed by atoms with Gasteiger partial charge in [0.05, 0.1) is 17.3 Å². The van der Waals surface area contributed by atoms with E-state index in [1.54, 1.807) is 0 Å². The van der Waals surface area contributed by atoms with Crippen LogP contribution in [0.3, 0.4) is 0 Å². The van der Waals surface area contributed by atoms with Gasteiger partial charge in [0.25, 0.3) is 0 Å². The highest BCUT2D eigenvalue weighted by molar-refractivity contribution is 6.36. The zero-order valence-electron chi connectivity index (χ0n) is 12.1. The molecule has 20 heavy (non-hydrogen) atoms. The SMILES string of the molecule is CC1CCCC(C)N1NCc1[nH]c2ccccc2c1Cl. The van der Waals surface area contributed by atoms with Crippen molar-refractivity contribution < 1.29 is 0 Å².